The van der Waals surface area contributed by atoms with Gasteiger partial charge in [-0.2, -0.15) is 0 Å². The Morgan fingerprint density at radius 1 is 0.825 bits per heavy atom. The minimum Gasteiger partial charge on any atom is -0.494 e. The first-order chi connectivity index (χ1) is 19.5. The Morgan fingerprint density at radius 2 is 1.52 bits per heavy atom. The van der Waals surface area contributed by atoms with E-state index in [2.05, 4.69) is 48.6 Å². The average Bonchev–Trinajstić information content (AvgIpc) is 3.41. The first-order valence-electron chi connectivity index (χ1n) is 14.2. The van der Waals surface area contributed by atoms with E-state index in [0.29, 0.717) is 12.4 Å². The molecule has 0 aliphatic rings. The highest BCUT2D eigenvalue weighted by Gasteiger charge is 2.12. The van der Waals surface area contributed by atoms with Gasteiger partial charge in [-0.15, -0.1) is 0 Å². The highest BCUT2D eigenvalue weighted by molar-refractivity contribution is 5.61. The van der Waals surface area contributed by atoms with Crippen LogP contribution in [0.2, 0.25) is 0 Å². The lowest BCUT2D eigenvalue weighted by molar-refractivity contribution is 0.249. The molecule has 1 aromatic heterocycles. The van der Waals surface area contributed by atoms with Crippen molar-refractivity contribution in [3.05, 3.63) is 95.9 Å². The molecule has 0 fully saturated rings. The van der Waals surface area contributed by atoms with E-state index in [-0.39, 0.29) is 12.2 Å². The van der Waals surface area contributed by atoms with Gasteiger partial charge in [-0.1, -0.05) is 27.2 Å². The van der Waals surface area contributed by atoms with E-state index in [1.807, 2.05) is 36.4 Å². The highest BCUT2D eigenvalue weighted by Crippen LogP contribution is 2.26. The molecule has 0 saturated heterocycles. The largest absolute Gasteiger partial charge is 0.494 e. The van der Waals surface area contributed by atoms with Crippen LogP contribution in [0.25, 0.3) is 16.9 Å². The van der Waals surface area contributed by atoms with Gasteiger partial charge in [0, 0.05) is 36.0 Å². The number of ether oxygens (including phenoxy) is 2. The Labute approximate surface area is 236 Å². The normalized spacial score (nSPS) is 11.2. The van der Waals surface area contributed by atoms with E-state index in [0.717, 1.165) is 92.0 Å². The van der Waals surface area contributed by atoms with Gasteiger partial charge in [-0.25, -0.2) is 13.8 Å². The molecule has 0 N–H and O–H groups in total. The maximum atomic E-state index is 13.9. The lowest BCUT2D eigenvalue weighted by atomic mass is 10.1. The molecule has 40 heavy (non-hydrogen) atoms. The summed E-state index contributed by atoms with van der Waals surface area (Å²) >= 11 is 0. The van der Waals surface area contributed by atoms with E-state index in [1.165, 1.54) is 0 Å². The van der Waals surface area contributed by atoms with Crippen LogP contribution in [0.3, 0.4) is 0 Å². The van der Waals surface area contributed by atoms with Crippen molar-refractivity contribution in [2.75, 3.05) is 26.2 Å². The Morgan fingerprint density at radius 3 is 2.23 bits per heavy atom. The van der Waals surface area contributed by atoms with Gasteiger partial charge in [0.05, 0.1) is 12.3 Å². The number of hydrogen-bond acceptors (Lipinski definition) is 4. The Bertz CT molecular complexity index is 1330. The number of halogens is 2. The third-order valence-electron chi connectivity index (χ3n) is 6.98. The fourth-order valence-electron chi connectivity index (χ4n) is 4.55. The third kappa shape index (κ3) is 7.92. The first kappa shape index (κ1) is 29.3. The molecule has 4 aromatic rings. The van der Waals surface area contributed by atoms with Crippen LogP contribution < -0.4 is 9.47 Å². The standard InChI is InChI=1S/C33H39F2N3O2/c1-4-7-9-33-36-32(25-10-15-29(16-11-25)39-21-8-20-37(5-2)6-3)23-38(33)28-13-17-30(18-14-28)40-24-26-22-27(34)12-19-31(26)35/h10-19,22-23H,4-9,20-21,24H2,1-3H3. The Balaban J connectivity index is 1.43. The number of aromatic nitrogens is 2. The Kier molecular flexibility index (Phi) is 10.7. The van der Waals surface area contributed by atoms with Gasteiger partial charge < -0.3 is 18.9 Å². The highest BCUT2D eigenvalue weighted by atomic mass is 19.1. The van der Waals surface area contributed by atoms with Gasteiger partial charge in [-0.3, -0.25) is 0 Å². The van der Waals surface area contributed by atoms with Crippen LogP contribution in [0.4, 0.5) is 8.78 Å². The number of hydrogen-bond donors (Lipinski definition) is 0. The molecule has 0 spiro atoms. The van der Waals surface area contributed by atoms with Crippen LogP contribution in [0, 0.1) is 11.6 Å². The number of aryl methyl sites for hydroxylation is 1. The van der Waals surface area contributed by atoms with Crippen LogP contribution in [0.1, 0.15) is 51.4 Å². The summed E-state index contributed by atoms with van der Waals surface area (Å²) < 4.78 is 41.2. The summed E-state index contributed by atoms with van der Waals surface area (Å²) in [5.74, 6) is 1.46. The van der Waals surface area contributed by atoms with Gasteiger partial charge in [-0.05, 0) is 92.7 Å². The van der Waals surface area contributed by atoms with Crippen molar-refractivity contribution in [3.8, 4) is 28.4 Å². The zero-order valence-corrected chi connectivity index (χ0v) is 23.7. The smallest absolute Gasteiger partial charge is 0.130 e. The fourth-order valence-corrected chi connectivity index (χ4v) is 4.55. The molecule has 0 atom stereocenters. The molecule has 5 nitrogen and oxygen atoms in total. The lowest BCUT2D eigenvalue weighted by Crippen LogP contribution is -2.25. The van der Waals surface area contributed by atoms with E-state index in [9.17, 15) is 8.78 Å². The number of imidazole rings is 1. The summed E-state index contributed by atoms with van der Waals surface area (Å²) in [4.78, 5) is 7.36. The third-order valence-corrected chi connectivity index (χ3v) is 6.98. The second kappa shape index (κ2) is 14.6. The minimum atomic E-state index is -0.487. The number of nitrogens with zero attached hydrogens (tertiary/aromatic N) is 3. The maximum Gasteiger partial charge on any atom is 0.130 e. The van der Waals surface area contributed by atoms with Crippen molar-refractivity contribution in [2.24, 2.45) is 0 Å². The van der Waals surface area contributed by atoms with Crippen molar-refractivity contribution < 1.29 is 18.3 Å². The van der Waals surface area contributed by atoms with Crippen molar-refractivity contribution in [3.63, 3.8) is 0 Å². The van der Waals surface area contributed by atoms with Crippen LogP contribution >= 0.6 is 0 Å². The van der Waals surface area contributed by atoms with Crippen LogP contribution in [0.5, 0.6) is 11.5 Å². The van der Waals surface area contributed by atoms with E-state index in [1.54, 1.807) is 0 Å². The summed E-state index contributed by atoms with van der Waals surface area (Å²) in [6.07, 6.45) is 6.04. The molecule has 0 aliphatic heterocycles. The van der Waals surface area contributed by atoms with Crippen molar-refractivity contribution >= 4 is 0 Å². The van der Waals surface area contributed by atoms with Gasteiger partial charge in [0.2, 0.25) is 0 Å². The fraction of sp³-hybridized carbons (Fsp3) is 0.364. The van der Waals surface area contributed by atoms with Crippen LogP contribution in [0.15, 0.2) is 72.9 Å². The van der Waals surface area contributed by atoms with Crippen LogP contribution in [-0.4, -0.2) is 40.7 Å². The van der Waals surface area contributed by atoms with Crippen molar-refractivity contribution in [1.29, 1.82) is 0 Å². The second-order valence-corrected chi connectivity index (χ2v) is 9.79. The minimum absolute atomic E-state index is 0.0461. The predicted molar refractivity (Wildman–Crippen MR) is 156 cm³/mol. The molecule has 0 bridgehead atoms. The molecule has 212 valence electrons. The lowest BCUT2D eigenvalue weighted by Gasteiger charge is -2.17. The zero-order chi connectivity index (χ0) is 28.3. The second-order valence-electron chi connectivity index (χ2n) is 9.79. The van der Waals surface area contributed by atoms with Gasteiger partial charge in [0.1, 0.15) is 35.6 Å². The van der Waals surface area contributed by atoms with Gasteiger partial charge in [0.25, 0.3) is 0 Å². The zero-order valence-electron chi connectivity index (χ0n) is 23.7. The summed E-state index contributed by atoms with van der Waals surface area (Å²) in [6.45, 7) is 10.4. The van der Waals surface area contributed by atoms with Crippen molar-refractivity contribution in [1.82, 2.24) is 14.5 Å². The molecule has 3 aromatic carbocycles. The molecule has 7 heteroatoms. The average molecular weight is 548 g/mol. The number of rotatable bonds is 15. The van der Waals surface area contributed by atoms with Gasteiger partial charge in [0.15, 0.2) is 0 Å². The molecule has 0 unspecified atom stereocenters. The molecule has 0 amide bonds. The van der Waals surface area contributed by atoms with E-state index in [4.69, 9.17) is 14.5 Å². The topological polar surface area (TPSA) is 39.5 Å². The summed E-state index contributed by atoms with van der Waals surface area (Å²) in [5.41, 5.74) is 3.08. The quantitative estimate of drug-likeness (QED) is 0.142. The molecule has 0 saturated carbocycles. The number of unbranched alkanes of at least 4 members (excludes halogenated alkanes) is 1. The molecule has 1 heterocycles. The molecular weight excluding hydrogens is 508 g/mol. The summed E-state index contributed by atoms with van der Waals surface area (Å²) in [7, 11) is 0. The van der Waals surface area contributed by atoms with E-state index >= 15 is 0 Å². The van der Waals surface area contributed by atoms with Gasteiger partial charge >= 0.3 is 0 Å². The molecule has 0 radical (unpaired) electrons. The molecular formula is C33H39F2N3O2. The maximum absolute atomic E-state index is 13.9. The van der Waals surface area contributed by atoms with Crippen molar-refractivity contribution in [2.45, 2.75) is 53.1 Å². The van der Waals surface area contributed by atoms with Crippen LogP contribution in [-0.2, 0) is 13.0 Å². The van der Waals surface area contributed by atoms with E-state index < -0.39 is 11.6 Å². The Hall–Kier alpha value is -3.71. The molecule has 0 aliphatic carbocycles. The first-order valence-corrected chi connectivity index (χ1v) is 14.2. The monoisotopic (exact) mass is 547 g/mol. The summed E-state index contributed by atoms with van der Waals surface area (Å²) in [6, 6.07) is 19.1. The SMILES string of the molecule is CCCCc1nc(-c2ccc(OCCCN(CC)CC)cc2)cn1-c1ccc(OCc2cc(F)ccc2F)cc1. The predicted octanol–water partition coefficient (Wildman–Crippen LogP) is 7.85. The molecule has 4 rings (SSSR count). The summed E-state index contributed by atoms with van der Waals surface area (Å²) in [5, 5.41) is 0. The number of benzene rings is 3.